The summed E-state index contributed by atoms with van der Waals surface area (Å²) in [6.07, 6.45) is 0.834. The van der Waals surface area contributed by atoms with Crippen LogP contribution in [0.15, 0.2) is 61.0 Å². The van der Waals surface area contributed by atoms with Gasteiger partial charge in [0.1, 0.15) is 24.2 Å². The van der Waals surface area contributed by atoms with Crippen molar-refractivity contribution in [1.82, 2.24) is 0 Å². The second-order valence-electron chi connectivity index (χ2n) is 8.46. The van der Waals surface area contributed by atoms with Gasteiger partial charge in [0.2, 0.25) is 0 Å². The number of aliphatic hydroxyl groups is 1. The summed E-state index contributed by atoms with van der Waals surface area (Å²) in [7, 11) is 0. The first kappa shape index (κ1) is 31.4. The van der Waals surface area contributed by atoms with Gasteiger partial charge in [-0.2, -0.15) is 0 Å². The number of phenols is 1. The average Bonchev–Trinajstić information content (AvgIpc) is 2.94. The molecule has 1 atom stereocenters. The minimum atomic E-state index is -0.916. The van der Waals surface area contributed by atoms with Crippen molar-refractivity contribution in [1.29, 1.82) is 0 Å². The molecular weight excluding hydrogens is 1050 g/mol. The zero-order chi connectivity index (χ0) is 29.0. The van der Waals surface area contributed by atoms with Crippen molar-refractivity contribution in [2.45, 2.75) is 12.7 Å². The van der Waals surface area contributed by atoms with Crippen molar-refractivity contribution in [2.75, 3.05) is 0 Å². The van der Waals surface area contributed by atoms with Crippen molar-refractivity contribution in [3.05, 3.63) is 110 Å². The van der Waals surface area contributed by atoms with Gasteiger partial charge in [0, 0.05) is 25.9 Å². The molecular formula is C27H12Cl4I4O5. The van der Waals surface area contributed by atoms with Crippen LogP contribution in [-0.4, -0.2) is 22.3 Å². The average molecular weight is 1070 g/mol. The summed E-state index contributed by atoms with van der Waals surface area (Å²) in [5, 5.41) is 21.3. The van der Waals surface area contributed by atoms with Crippen LogP contribution in [0.4, 0.5) is 0 Å². The van der Waals surface area contributed by atoms with E-state index in [2.05, 4.69) is 0 Å². The number of fused-ring (bicyclic) bond motifs is 2. The fourth-order valence-corrected chi connectivity index (χ4v) is 8.96. The Hall–Kier alpha value is -0.01000. The number of aromatic hydroxyl groups is 1. The Balaban J connectivity index is 1.85. The van der Waals surface area contributed by atoms with Crippen LogP contribution >= 0.6 is 137 Å². The zero-order valence-electron chi connectivity index (χ0n) is 19.5. The SMILES string of the molecule is O=C(OCc1ccccc1)c1c(Cl)c(Cl)c(Cl)c(Cl)c1C1=C2C=C(I)C(O)C(I)=C2Oc2c1cc(I)c(O)c2I. The molecule has 0 aromatic heterocycles. The lowest BCUT2D eigenvalue weighted by Gasteiger charge is -2.32. The number of benzene rings is 3. The first-order chi connectivity index (χ1) is 18.9. The van der Waals surface area contributed by atoms with Gasteiger partial charge < -0.3 is 19.7 Å². The van der Waals surface area contributed by atoms with Crippen LogP contribution in [0.25, 0.3) is 5.57 Å². The van der Waals surface area contributed by atoms with Gasteiger partial charge in [0.05, 0.1) is 36.4 Å². The Morgan fingerprint density at radius 3 is 2.30 bits per heavy atom. The van der Waals surface area contributed by atoms with Gasteiger partial charge in [-0.25, -0.2) is 4.79 Å². The lowest BCUT2D eigenvalue weighted by Crippen LogP contribution is -2.22. The molecule has 5 rings (SSSR count). The molecule has 1 aliphatic heterocycles. The molecule has 1 unspecified atom stereocenters. The summed E-state index contributed by atoms with van der Waals surface area (Å²) in [4.78, 5) is 13.7. The Kier molecular flexibility index (Phi) is 9.85. The van der Waals surface area contributed by atoms with Crippen molar-refractivity contribution >= 4 is 148 Å². The third-order valence-electron chi connectivity index (χ3n) is 6.07. The van der Waals surface area contributed by atoms with E-state index in [0.29, 0.717) is 42.5 Å². The molecule has 0 amide bonds. The highest BCUT2D eigenvalue weighted by molar-refractivity contribution is 14.1. The smallest absolute Gasteiger partial charge is 0.340 e. The maximum atomic E-state index is 13.7. The lowest BCUT2D eigenvalue weighted by atomic mass is 9.85. The lowest BCUT2D eigenvalue weighted by molar-refractivity contribution is 0.0472. The largest absolute Gasteiger partial charge is 0.506 e. The second-order valence-corrected chi connectivity index (χ2v) is 14.6. The highest BCUT2D eigenvalue weighted by Gasteiger charge is 2.38. The predicted molar refractivity (Wildman–Crippen MR) is 191 cm³/mol. The molecule has 206 valence electrons. The van der Waals surface area contributed by atoms with E-state index in [9.17, 15) is 15.0 Å². The van der Waals surface area contributed by atoms with E-state index < -0.39 is 12.1 Å². The molecule has 1 aliphatic carbocycles. The summed E-state index contributed by atoms with van der Waals surface area (Å²) in [6.45, 7) is -0.0182. The van der Waals surface area contributed by atoms with Crippen LogP contribution in [0.3, 0.4) is 0 Å². The minimum absolute atomic E-state index is 0.0138. The number of hydrogen-bond acceptors (Lipinski definition) is 5. The van der Waals surface area contributed by atoms with Gasteiger partial charge in [0.15, 0.2) is 5.75 Å². The second kappa shape index (κ2) is 12.5. The zero-order valence-corrected chi connectivity index (χ0v) is 31.1. The summed E-state index contributed by atoms with van der Waals surface area (Å²) in [6, 6.07) is 10.9. The van der Waals surface area contributed by atoms with E-state index in [0.717, 1.165) is 5.56 Å². The number of carbonyl (C=O) groups is 1. The molecule has 2 N–H and O–H groups in total. The molecule has 0 bridgehead atoms. The van der Waals surface area contributed by atoms with Gasteiger partial charge >= 0.3 is 5.97 Å². The number of rotatable bonds is 4. The Morgan fingerprint density at radius 1 is 0.975 bits per heavy atom. The van der Waals surface area contributed by atoms with Gasteiger partial charge in [-0.05, 0) is 108 Å². The van der Waals surface area contributed by atoms with E-state index >= 15 is 0 Å². The summed E-state index contributed by atoms with van der Waals surface area (Å²) in [5.74, 6) is -0.0683. The minimum Gasteiger partial charge on any atom is -0.506 e. The third kappa shape index (κ3) is 5.53. The third-order valence-corrected chi connectivity index (χ3v) is 11.7. The standard InChI is InChI=1S/C27H12Cl4I4O5/c28-17-15(16(18(29)20(31)19(17)30)27(38)39-8-9-4-2-1-3-5-9)14-10-6-12(32)23(36)21(34)25(10)40-26-11(14)7-13(33)24(37)22(26)35/h1-7,23,36-37H,8H2. The van der Waals surface area contributed by atoms with Gasteiger partial charge in [0.25, 0.3) is 0 Å². The van der Waals surface area contributed by atoms with E-state index in [4.69, 9.17) is 55.9 Å². The van der Waals surface area contributed by atoms with Gasteiger partial charge in [-0.1, -0.05) is 76.7 Å². The predicted octanol–water partition coefficient (Wildman–Crippen LogP) is 10.1. The molecule has 5 nitrogen and oxygen atoms in total. The number of ether oxygens (including phenoxy) is 2. The quantitative estimate of drug-likeness (QED) is 0.118. The molecule has 13 heteroatoms. The topological polar surface area (TPSA) is 76.0 Å². The molecule has 40 heavy (non-hydrogen) atoms. The van der Waals surface area contributed by atoms with E-state index in [1.807, 2.05) is 121 Å². The molecule has 0 spiro atoms. The first-order valence-electron chi connectivity index (χ1n) is 11.1. The summed E-state index contributed by atoms with van der Waals surface area (Å²) >= 11 is 34.6. The molecule has 3 aromatic rings. The van der Waals surface area contributed by atoms with Gasteiger partial charge in [-0.15, -0.1) is 0 Å². The van der Waals surface area contributed by atoms with Crippen molar-refractivity contribution < 1.29 is 24.5 Å². The molecule has 3 aromatic carbocycles. The maximum absolute atomic E-state index is 13.7. The van der Waals surface area contributed by atoms with Crippen LogP contribution in [-0.2, 0) is 11.3 Å². The maximum Gasteiger partial charge on any atom is 0.340 e. The van der Waals surface area contributed by atoms with Gasteiger partial charge in [-0.3, -0.25) is 0 Å². The number of halogens is 8. The van der Waals surface area contributed by atoms with E-state index in [1.54, 1.807) is 12.1 Å². The summed E-state index contributed by atoms with van der Waals surface area (Å²) < 4.78 is 14.1. The Morgan fingerprint density at radius 2 is 1.62 bits per heavy atom. The number of allylic oxidation sites excluding steroid dienone is 1. The molecule has 2 aliphatic rings. The molecule has 0 radical (unpaired) electrons. The number of esters is 1. The number of hydrogen-bond donors (Lipinski definition) is 2. The van der Waals surface area contributed by atoms with E-state index in [-0.39, 0.29) is 43.6 Å². The highest BCUT2D eigenvalue weighted by atomic mass is 127. The van der Waals surface area contributed by atoms with Crippen LogP contribution in [0.1, 0.15) is 27.0 Å². The summed E-state index contributed by atoms with van der Waals surface area (Å²) in [5.41, 5.74) is 2.41. The fraction of sp³-hybridized carbons (Fsp3) is 0.0741. The van der Waals surface area contributed by atoms with Crippen LogP contribution in [0.5, 0.6) is 11.5 Å². The van der Waals surface area contributed by atoms with Crippen LogP contribution in [0.2, 0.25) is 20.1 Å². The van der Waals surface area contributed by atoms with Crippen molar-refractivity contribution in [2.24, 2.45) is 0 Å². The normalized spacial score (nSPS) is 16.3. The van der Waals surface area contributed by atoms with Crippen LogP contribution < -0.4 is 4.74 Å². The number of carbonyl (C=O) groups excluding carboxylic acids is 1. The number of phenolic OH excluding ortho intramolecular Hbond substituents is 1. The van der Waals surface area contributed by atoms with Crippen molar-refractivity contribution in [3.8, 4) is 11.5 Å². The fourth-order valence-electron chi connectivity index (χ4n) is 4.19. The number of aliphatic hydroxyl groups excluding tert-OH is 1. The molecule has 0 saturated heterocycles. The Bertz CT molecular complexity index is 1700. The van der Waals surface area contributed by atoms with Crippen molar-refractivity contribution in [3.63, 3.8) is 0 Å². The Labute approximate surface area is 303 Å². The van der Waals surface area contributed by atoms with Crippen LogP contribution in [0, 0.1) is 7.14 Å². The first-order valence-corrected chi connectivity index (χ1v) is 16.9. The monoisotopic (exact) mass is 1060 g/mol. The molecule has 0 saturated carbocycles. The molecule has 1 heterocycles. The highest BCUT2D eigenvalue weighted by Crippen LogP contribution is 2.55. The molecule has 0 fully saturated rings. The van der Waals surface area contributed by atoms with E-state index in [1.165, 1.54) is 0 Å².